The molecule has 0 unspecified atom stereocenters. The molecule has 1 aliphatic heterocycles. The van der Waals surface area contributed by atoms with E-state index in [1.54, 1.807) is 18.2 Å². The second kappa shape index (κ2) is 12.4. The monoisotopic (exact) mass is 732 g/mol. The minimum absolute atomic E-state index is 0.0186. The second-order valence-corrected chi connectivity index (χ2v) is 12.8. The van der Waals surface area contributed by atoms with E-state index in [0.717, 1.165) is 16.7 Å². The fourth-order valence-corrected chi connectivity index (χ4v) is 6.73. The van der Waals surface area contributed by atoms with Crippen molar-refractivity contribution < 1.29 is 31.7 Å². The van der Waals surface area contributed by atoms with Gasteiger partial charge in [-0.2, -0.15) is 8.42 Å². The number of anilines is 1. The first kappa shape index (κ1) is 30.2. The van der Waals surface area contributed by atoms with Crippen LogP contribution in [0.4, 0.5) is 10.5 Å². The van der Waals surface area contributed by atoms with Crippen LogP contribution in [-0.2, 0) is 26.3 Å². The van der Waals surface area contributed by atoms with Crippen molar-refractivity contribution in [1.29, 1.82) is 0 Å². The van der Waals surface area contributed by atoms with Gasteiger partial charge in [0.2, 0.25) is 5.91 Å². The lowest BCUT2D eigenvalue weighted by Gasteiger charge is -2.14. The first-order valence-corrected chi connectivity index (χ1v) is 15.3. The number of carbonyl (C=O) groups excluding carboxylic acids is 3. The molecule has 0 spiro atoms. The molecule has 0 aliphatic carbocycles. The van der Waals surface area contributed by atoms with Crippen molar-refractivity contribution >= 4 is 96.5 Å². The Hall–Kier alpha value is -2.78. The van der Waals surface area contributed by atoms with E-state index in [2.05, 4.69) is 5.32 Å². The van der Waals surface area contributed by atoms with Gasteiger partial charge in [-0.05, 0) is 100 Å². The topological polar surface area (TPSA) is 119 Å². The lowest BCUT2D eigenvalue weighted by Crippen LogP contribution is -2.27. The molecule has 1 fully saturated rings. The van der Waals surface area contributed by atoms with Crippen LogP contribution >= 0.6 is 57.6 Å². The number of rotatable bonds is 8. The minimum atomic E-state index is -4.25. The SMILES string of the molecule is COc1cc(/C=C2\SC(=O)N(Cc3ccc(Cl)cc3Cl)C2=O)cc(I)c1OS(=O)(=O)c1ccc(NC(C)=O)cc1. The van der Waals surface area contributed by atoms with E-state index in [4.69, 9.17) is 32.1 Å². The Morgan fingerprint density at radius 1 is 1.10 bits per heavy atom. The molecule has 3 amide bonds. The fraction of sp³-hybridized carbons (Fsp3) is 0.115. The molecular formula is C26H19Cl2IN2O7S2. The highest BCUT2D eigenvalue weighted by atomic mass is 127. The first-order valence-electron chi connectivity index (χ1n) is 11.3. The lowest BCUT2D eigenvalue weighted by atomic mass is 10.1. The van der Waals surface area contributed by atoms with Crippen molar-refractivity contribution in [2.45, 2.75) is 18.4 Å². The molecule has 0 bridgehead atoms. The van der Waals surface area contributed by atoms with Gasteiger partial charge >= 0.3 is 10.1 Å². The van der Waals surface area contributed by atoms with E-state index in [0.29, 0.717) is 30.4 Å². The van der Waals surface area contributed by atoms with Gasteiger partial charge < -0.3 is 14.2 Å². The van der Waals surface area contributed by atoms with Gasteiger partial charge in [-0.15, -0.1) is 0 Å². The molecule has 3 aromatic carbocycles. The van der Waals surface area contributed by atoms with Gasteiger partial charge in [-0.1, -0.05) is 29.3 Å². The average Bonchev–Trinajstić information content (AvgIpc) is 3.14. The van der Waals surface area contributed by atoms with E-state index < -0.39 is 21.3 Å². The number of hydrogen-bond acceptors (Lipinski definition) is 8. The molecule has 0 aromatic heterocycles. The molecule has 1 aliphatic rings. The predicted molar refractivity (Wildman–Crippen MR) is 162 cm³/mol. The van der Waals surface area contributed by atoms with Gasteiger partial charge in [0.25, 0.3) is 11.1 Å². The molecule has 0 atom stereocenters. The Morgan fingerprint density at radius 3 is 2.42 bits per heavy atom. The van der Waals surface area contributed by atoms with Gasteiger partial charge in [0.15, 0.2) is 11.5 Å². The zero-order valence-corrected chi connectivity index (χ0v) is 26.0. The quantitative estimate of drug-likeness (QED) is 0.157. The van der Waals surface area contributed by atoms with E-state index in [1.807, 2.05) is 22.6 Å². The first-order chi connectivity index (χ1) is 18.9. The predicted octanol–water partition coefficient (Wildman–Crippen LogP) is 6.57. The minimum Gasteiger partial charge on any atom is -0.493 e. The maximum atomic E-state index is 13.0. The molecule has 1 saturated heterocycles. The highest BCUT2D eigenvalue weighted by Crippen LogP contribution is 2.39. The molecule has 40 heavy (non-hydrogen) atoms. The number of nitrogens with one attached hydrogen (secondary N) is 1. The summed E-state index contributed by atoms with van der Waals surface area (Å²) in [7, 11) is -2.90. The molecular weight excluding hydrogens is 714 g/mol. The Bertz CT molecular complexity index is 1660. The van der Waals surface area contributed by atoms with Crippen molar-refractivity contribution in [3.8, 4) is 11.5 Å². The molecule has 4 rings (SSSR count). The molecule has 0 saturated carbocycles. The van der Waals surface area contributed by atoms with Crippen LogP contribution in [0.5, 0.6) is 11.5 Å². The molecule has 0 radical (unpaired) electrons. The number of nitrogens with zero attached hydrogens (tertiary/aromatic N) is 1. The molecule has 1 N–H and O–H groups in total. The van der Waals surface area contributed by atoms with Crippen LogP contribution in [0.2, 0.25) is 10.0 Å². The van der Waals surface area contributed by atoms with Crippen LogP contribution in [0.25, 0.3) is 6.08 Å². The van der Waals surface area contributed by atoms with Crippen molar-refractivity contribution in [1.82, 2.24) is 4.90 Å². The average molecular weight is 733 g/mol. The molecule has 1 heterocycles. The van der Waals surface area contributed by atoms with Crippen LogP contribution in [0.15, 0.2) is 64.4 Å². The Kier molecular flexibility index (Phi) is 9.35. The summed E-state index contributed by atoms with van der Waals surface area (Å²) in [5.41, 5.74) is 1.49. The summed E-state index contributed by atoms with van der Waals surface area (Å²) >= 11 is 14.8. The smallest absolute Gasteiger partial charge is 0.339 e. The van der Waals surface area contributed by atoms with Gasteiger partial charge in [0, 0.05) is 22.7 Å². The van der Waals surface area contributed by atoms with E-state index in [1.165, 1.54) is 56.5 Å². The molecule has 3 aromatic rings. The largest absolute Gasteiger partial charge is 0.493 e. The van der Waals surface area contributed by atoms with Crippen LogP contribution in [0.3, 0.4) is 0 Å². The van der Waals surface area contributed by atoms with Crippen molar-refractivity contribution in [3.63, 3.8) is 0 Å². The van der Waals surface area contributed by atoms with Crippen molar-refractivity contribution in [3.05, 3.63) is 84.2 Å². The number of methoxy groups -OCH3 is 1. The van der Waals surface area contributed by atoms with E-state index >= 15 is 0 Å². The number of imide groups is 1. The summed E-state index contributed by atoms with van der Waals surface area (Å²) in [6, 6.07) is 13.4. The van der Waals surface area contributed by atoms with E-state index in [-0.39, 0.29) is 33.8 Å². The number of amides is 3. The van der Waals surface area contributed by atoms with Crippen LogP contribution in [0.1, 0.15) is 18.1 Å². The number of carbonyl (C=O) groups is 3. The maximum Gasteiger partial charge on any atom is 0.339 e. The summed E-state index contributed by atoms with van der Waals surface area (Å²) in [4.78, 5) is 38.0. The van der Waals surface area contributed by atoms with Crippen molar-refractivity contribution in [2.24, 2.45) is 0 Å². The summed E-state index contributed by atoms with van der Waals surface area (Å²) in [5, 5.41) is 2.87. The third-order valence-corrected chi connectivity index (χ3v) is 8.95. The molecule has 208 valence electrons. The maximum absolute atomic E-state index is 13.0. The normalized spacial score (nSPS) is 14.5. The van der Waals surface area contributed by atoms with Crippen LogP contribution in [0, 0.1) is 3.57 Å². The zero-order valence-electron chi connectivity index (χ0n) is 20.7. The fourth-order valence-electron chi connectivity index (χ4n) is 3.58. The zero-order chi connectivity index (χ0) is 29.2. The number of thioether (sulfide) groups is 1. The summed E-state index contributed by atoms with van der Waals surface area (Å²) in [5.74, 6) is -0.733. The lowest BCUT2D eigenvalue weighted by molar-refractivity contribution is -0.123. The van der Waals surface area contributed by atoms with Crippen LogP contribution in [-0.4, -0.2) is 37.5 Å². The Morgan fingerprint density at radius 2 is 1.80 bits per heavy atom. The summed E-state index contributed by atoms with van der Waals surface area (Å²) < 4.78 is 37.0. The van der Waals surface area contributed by atoms with Crippen LogP contribution < -0.4 is 14.2 Å². The summed E-state index contributed by atoms with van der Waals surface area (Å²) in [6.07, 6.45) is 1.51. The number of ether oxygens (including phenoxy) is 1. The molecule has 14 heteroatoms. The highest BCUT2D eigenvalue weighted by molar-refractivity contribution is 14.1. The number of benzene rings is 3. The Labute approximate surface area is 258 Å². The van der Waals surface area contributed by atoms with Crippen molar-refractivity contribution in [2.75, 3.05) is 12.4 Å². The van der Waals surface area contributed by atoms with Gasteiger partial charge in [-0.3, -0.25) is 19.3 Å². The number of hydrogen-bond donors (Lipinski definition) is 1. The standard InChI is InChI=1S/C26H19Cl2IN2O7S2/c1-14(32)30-18-5-7-19(8-6-18)40(35,36)38-24-21(29)9-15(10-22(24)37-2)11-23-25(33)31(26(34)39-23)13-16-3-4-17(27)12-20(16)28/h3-12H,13H2,1-2H3,(H,30,32)/b23-11-. The third-order valence-electron chi connectivity index (χ3n) is 5.42. The number of halogens is 3. The van der Waals surface area contributed by atoms with Gasteiger partial charge in [0.1, 0.15) is 4.90 Å². The van der Waals surface area contributed by atoms with Gasteiger partial charge in [0.05, 0.1) is 22.1 Å². The highest BCUT2D eigenvalue weighted by Gasteiger charge is 2.35. The summed E-state index contributed by atoms with van der Waals surface area (Å²) in [6.45, 7) is 1.32. The third kappa shape index (κ3) is 6.92. The Balaban J connectivity index is 1.57. The van der Waals surface area contributed by atoms with Gasteiger partial charge in [-0.25, -0.2) is 0 Å². The van der Waals surface area contributed by atoms with E-state index in [9.17, 15) is 22.8 Å². The molecule has 9 nitrogen and oxygen atoms in total. The second-order valence-electron chi connectivity index (χ2n) is 8.28.